The van der Waals surface area contributed by atoms with Gasteiger partial charge in [0.25, 0.3) is 0 Å². The molecule has 0 aromatic heterocycles. The van der Waals surface area contributed by atoms with Crippen LogP contribution in [0.3, 0.4) is 0 Å². The number of carbonyl (C=O) groups is 1. The minimum atomic E-state index is -3.78. The van der Waals surface area contributed by atoms with Crippen LogP contribution in [0.25, 0.3) is 0 Å². The van der Waals surface area contributed by atoms with E-state index < -0.39 is 16.0 Å². The second-order valence-corrected chi connectivity index (χ2v) is 7.72. The summed E-state index contributed by atoms with van der Waals surface area (Å²) in [6.07, 6.45) is 2.44. The molecule has 0 spiro atoms. The van der Waals surface area contributed by atoms with Gasteiger partial charge in [0.15, 0.2) is 0 Å². The summed E-state index contributed by atoms with van der Waals surface area (Å²) in [5.41, 5.74) is 0.352. The zero-order valence-electron chi connectivity index (χ0n) is 13.9. The van der Waals surface area contributed by atoms with Gasteiger partial charge in [-0.15, -0.1) is 0 Å². The maximum atomic E-state index is 12.4. The minimum absolute atomic E-state index is 0.0599. The molecular weight excluding hydrogens is 332 g/mol. The van der Waals surface area contributed by atoms with Crippen LogP contribution in [0, 0.1) is 0 Å². The summed E-state index contributed by atoms with van der Waals surface area (Å²) >= 11 is 0. The highest BCUT2D eigenvalue weighted by molar-refractivity contribution is 7.89. The molecule has 7 nitrogen and oxygen atoms in total. The van der Waals surface area contributed by atoms with E-state index in [1.54, 1.807) is 0 Å². The van der Waals surface area contributed by atoms with Crippen LogP contribution >= 0.6 is 0 Å². The molecule has 0 bridgehead atoms. The van der Waals surface area contributed by atoms with E-state index in [4.69, 9.17) is 4.74 Å². The lowest BCUT2D eigenvalue weighted by Gasteiger charge is -2.16. The van der Waals surface area contributed by atoms with Crippen molar-refractivity contribution in [1.82, 2.24) is 4.72 Å². The molecule has 0 amide bonds. The average molecular weight is 356 g/mol. The quantitative estimate of drug-likeness (QED) is 0.658. The van der Waals surface area contributed by atoms with E-state index in [9.17, 15) is 18.3 Å². The summed E-state index contributed by atoms with van der Waals surface area (Å²) in [5, 5.41) is 12.4. The molecule has 1 aliphatic rings. The number of hydrogen-bond donors (Lipinski definition) is 3. The van der Waals surface area contributed by atoms with Crippen molar-refractivity contribution < 1.29 is 23.1 Å². The van der Waals surface area contributed by atoms with E-state index in [1.807, 2.05) is 13.8 Å². The average Bonchev–Trinajstić information content (AvgIpc) is 3.06. The van der Waals surface area contributed by atoms with E-state index in [0.29, 0.717) is 12.3 Å². The van der Waals surface area contributed by atoms with Gasteiger partial charge >= 0.3 is 5.97 Å². The van der Waals surface area contributed by atoms with E-state index >= 15 is 0 Å². The number of sulfonamides is 1. The van der Waals surface area contributed by atoms with Crippen LogP contribution in [0.4, 0.5) is 5.69 Å². The number of rotatable bonds is 8. The van der Waals surface area contributed by atoms with Gasteiger partial charge in [-0.1, -0.05) is 6.92 Å². The summed E-state index contributed by atoms with van der Waals surface area (Å²) in [6, 6.07) is 4.18. The van der Waals surface area contributed by atoms with Crippen LogP contribution in [-0.2, 0) is 14.8 Å². The number of carboxylic acids is 1. The summed E-state index contributed by atoms with van der Waals surface area (Å²) in [5.74, 6) is -1.17. The fraction of sp³-hybridized carbons (Fsp3) is 0.562. The van der Waals surface area contributed by atoms with Crippen LogP contribution in [-0.4, -0.2) is 44.8 Å². The van der Waals surface area contributed by atoms with Gasteiger partial charge in [0, 0.05) is 24.9 Å². The van der Waals surface area contributed by atoms with Crippen molar-refractivity contribution in [2.45, 2.75) is 50.2 Å². The van der Waals surface area contributed by atoms with Crippen molar-refractivity contribution in [1.29, 1.82) is 0 Å². The van der Waals surface area contributed by atoms with Gasteiger partial charge in [-0.2, -0.15) is 0 Å². The van der Waals surface area contributed by atoms with Crippen molar-refractivity contribution in [3.8, 4) is 0 Å². The molecule has 3 N–H and O–H groups in total. The van der Waals surface area contributed by atoms with Crippen LogP contribution < -0.4 is 10.0 Å². The monoisotopic (exact) mass is 356 g/mol. The number of anilines is 1. The van der Waals surface area contributed by atoms with Gasteiger partial charge in [-0.3, -0.25) is 0 Å². The third kappa shape index (κ3) is 4.68. The maximum Gasteiger partial charge on any atom is 0.337 e. The molecule has 24 heavy (non-hydrogen) atoms. The molecule has 0 saturated carbocycles. The van der Waals surface area contributed by atoms with Crippen molar-refractivity contribution in [2.24, 2.45) is 0 Å². The van der Waals surface area contributed by atoms with Gasteiger partial charge in [0.1, 0.15) is 0 Å². The first-order chi connectivity index (χ1) is 11.3. The highest BCUT2D eigenvalue weighted by Crippen LogP contribution is 2.22. The second-order valence-electron chi connectivity index (χ2n) is 5.95. The van der Waals surface area contributed by atoms with Crippen LogP contribution in [0.5, 0.6) is 0 Å². The molecule has 134 valence electrons. The van der Waals surface area contributed by atoms with E-state index in [0.717, 1.165) is 19.3 Å². The Labute approximate surface area is 142 Å². The Morgan fingerprint density at radius 3 is 2.79 bits per heavy atom. The number of nitrogens with one attached hydrogen (secondary N) is 2. The number of hydrogen-bond acceptors (Lipinski definition) is 5. The number of ether oxygens (including phenoxy) is 1. The standard InChI is InChI=1S/C16H24N2O5S/c1-3-11(2)18-15-7-6-13(9-14(15)16(19)20)24(21,22)17-10-12-5-4-8-23-12/h6-7,9,11-12,17-18H,3-5,8,10H2,1-2H3,(H,19,20)/t11-,12+/m1/s1. The van der Waals surface area contributed by atoms with Gasteiger partial charge < -0.3 is 15.2 Å². The first kappa shape index (κ1) is 18.7. The number of benzene rings is 1. The summed E-state index contributed by atoms with van der Waals surface area (Å²) in [6.45, 7) is 4.74. The molecule has 0 radical (unpaired) electrons. The summed E-state index contributed by atoms with van der Waals surface area (Å²) < 4.78 is 32.6. The van der Waals surface area contributed by atoms with Gasteiger partial charge in [0.05, 0.1) is 16.6 Å². The molecule has 1 aliphatic heterocycles. The first-order valence-corrected chi connectivity index (χ1v) is 9.57. The first-order valence-electron chi connectivity index (χ1n) is 8.08. The summed E-state index contributed by atoms with van der Waals surface area (Å²) in [4.78, 5) is 11.4. The van der Waals surface area contributed by atoms with E-state index in [2.05, 4.69) is 10.0 Å². The fourth-order valence-corrected chi connectivity index (χ4v) is 3.54. The maximum absolute atomic E-state index is 12.4. The largest absolute Gasteiger partial charge is 0.478 e. The minimum Gasteiger partial charge on any atom is -0.478 e. The predicted molar refractivity (Wildman–Crippen MR) is 90.9 cm³/mol. The van der Waals surface area contributed by atoms with Crippen molar-refractivity contribution in [3.05, 3.63) is 23.8 Å². The van der Waals surface area contributed by atoms with Gasteiger partial charge in [-0.05, 0) is 44.4 Å². The third-order valence-corrected chi connectivity index (χ3v) is 5.49. The Bertz CT molecular complexity index is 684. The topological polar surface area (TPSA) is 105 Å². The van der Waals surface area contributed by atoms with E-state index in [-0.39, 0.29) is 29.1 Å². The van der Waals surface area contributed by atoms with E-state index in [1.165, 1.54) is 18.2 Å². The zero-order valence-corrected chi connectivity index (χ0v) is 14.7. The predicted octanol–water partition coefficient (Wildman–Crippen LogP) is 2.05. The molecule has 1 fully saturated rings. The normalized spacial score (nSPS) is 19.2. The lowest BCUT2D eigenvalue weighted by molar-refractivity contribution is 0.0697. The molecule has 1 aromatic carbocycles. The zero-order chi connectivity index (χ0) is 17.7. The van der Waals surface area contributed by atoms with Crippen molar-refractivity contribution >= 4 is 21.7 Å². The Balaban J connectivity index is 2.19. The molecule has 0 aliphatic carbocycles. The molecule has 0 unspecified atom stereocenters. The molecule has 1 aromatic rings. The van der Waals surface area contributed by atoms with Crippen molar-refractivity contribution in [2.75, 3.05) is 18.5 Å². The van der Waals surface area contributed by atoms with Crippen LogP contribution in [0.15, 0.2) is 23.1 Å². The fourth-order valence-electron chi connectivity index (χ4n) is 2.45. The van der Waals surface area contributed by atoms with Crippen LogP contribution in [0.1, 0.15) is 43.5 Å². The Hall–Kier alpha value is -1.64. The Kier molecular flexibility index (Phi) is 6.20. The lowest BCUT2D eigenvalue weighted by Crippen LogP contribution is -2.32. The number of carboxylic acid groups (broad SMARTS) is 1. The lowest BCUT2D eigenvalue weighted by atomic mass is 10.1. The van der Waals surface area contributed by atoms with Gasteiger partial charge in [0.2, 0.25) is 10.0 Å². The molecular formula is C16H24N2O5S. The third-order valence-electron chi connectivity index (χ3n) is 4.07. The van der Waals surface area contributed by atoms with Crippen LogP contribution in [0.2, 0.25) is 0 Å². The second kappa shape index (κ2) is 7.96. The molecule has 1 saturated heterocycles. The molecule has 1 heterocycles. The molecule has 8 heteroatoms. The highest BCUT2D eigenvalue weighted by atomic mass is 32.2. The number of aromatic carboxylic acids is 1. The highest BCUT2D eigenvalue weighted by Gasteiger charge is 2.22. The van der Waals surface area contributed by atoms with Gasteiger partial charge in [-0.25, -0.2) is 17.9 Å². The van der Waals surface area contributed by atoms with Crippen molar-refractivity contribution in [3.63, 3.8) is 0 Å². The Morgan fingerprint density at radius 1 is 1.46 bits per heavy atom. The smallest absolute Gasteiger partial charge is 0.337 e. The molecule has 2 atom stereocenters. The SMILES string of the molecule is CC[C@@H](C)Nc1ccc(S(=O)(=O)NC[C@@H]2CCCO2)cc1C(=O)O. The summed E-state index contributed by atoms with van der Waals surface area (Å²) in [7, 11) is -3.78. The Morgan fingerprint density at radius 2 is 2.21 bits per heavy atom. The molecule has 2 rings (SSSR count).